The van der Waals surface area contributed by atoms with E-state index in [2.05, 4.69) is 26.2 Å². The summed E-state index contributed by atoms with van der Waals surface area (Å²) in [4.78, 5) is 16.0. The molecule has 1 heterocycles. The number of anilines is 1. The second-order valence-electron chi connectivity index (χ2n) is 3.41. The lowest BCUT2D eigenvalue weighted by Crippen LogP contribution is -2.13. The predicted octanol–water partition coefficient (Wildman–Crippen LogP) is 4.40. The first-order valence-electron chi connectivity index (χ1n) is 4.95. The number of amides is 1. The van der Waals surface area contributed by atoms with Crippen LogP contribution in [0.2, 0.25) is 10.0 Å². The van der Waals surface area contributed by atoms with Gasteiger partial charge >= 0.3 is 0 Å². The molecule has 2 rings (SSSR count). The molecule has 1 aromatic heterocycles. The molecule has 18 heavy (non-hydrogen) atoms. The number of carbonyl (C=O) groups excluding carboxylic acids is 1. The molecular formula is C12H7BrCl2N2O. The van der Waals surface area contributed by atoms with Gasteiger partial charge in [-0.25, -0.2) is 4.98 Å². The number of nitrogens with one attached hydrogen (secondary N) is 1. The summed E-state index contributed by atoms with van der Waals surface area (Å²) in [5.74, 6) is 0.0820. The molecule has 0 fully saturated rings. The summed E-state index contributed by atoms with van der Waals surface area (Å²) in [5, 5.41) is 3.21. The first-order valence-corrected chi connectivity index (χ1v) is 6.50. The van der Waals surface area contributed by atoms with Crippen molar-refractivity contribution in [2.24, 2.45) is 0 Å². The summed E-state index contributed by atoms with van der Waals surface area (Å²) in [6.07, 6.45) is 1.58. The minimum atomic E-state index is -0.354. The number of hydrogen-bond donors (Lipinski definition) is 1. The van der Waals surface area contributed by atoms with E-state index in [4.69, 9.17) is 23.2 Å². The zero-order valence-corrected chi connectivity index (χ0v) is 12.1. The lowest BCUT2D eigenvalue weighted by Gasteiger charge is -2.07. The van der Waals surface area contributed by atoms with Crippen LogP contribution in [0, 0.1) is 0 Å². The minimum Gasteiger partial charge on any atom is -0.306 e. The fourth-order valence-electron chi connectivity index (χ4n) is 1.34. The Kier molecular flexibility index (Phi) is 4.22. The van der Waals surface area contributed by atoms with Gasteiger partial charge in [-0.2, -0.15) is 0 Å². The van der Waals surface area contributed by atoms with Gasteiger partial charge < -0.3 is 5.32 Å². The molecule has 0 aliphatic heterocycles. The Balaban J connectivity index is 2.25. The molecule has 0 unspecified atom stereocenters. The summed E-state index contributed by atoms with van der Waals surface area (Å²) in [6, 6.07) is 8.34. The van der Waals surface area contributed by atoms with Crippen molar-refractivity contribution in [2.45, 2.75) is 0 Å². The predicted molar refractivity (Wildman–Crippen MR) is 76.4 cm³/mol. The van der Waals surface area contributed by atoms with Gasteiger partial charge in [-0.05, 0) is 24.3 Å². The maximum atomic E-state index is 12.0. The number of rotatable bonds is 2. The van der Waals surface area contributed by atoms with Crippen LogP contribution in [0.3, 0.4) is 0 Å². The van der Waals surface area contributed by atoms with E-state index in [9.17, 15) is 4.79 Å². The first-order chi connectivity index (χ1) is 8.58. The van der Waals surface area contributed by atoms with Gasteiger partial charge in [0.1, 0.15) is 5.82 Å². The van der Waals surface area contributed by atoms with Crippen molar-refractivity contribution in [1.29, 1.82) is 0 Å². The lowest BCUT2D eigenvalue weighted by molar-refractivity contribution is 0.102. The number of aromatic nitrogens is 1. The van der Waals surface area contributed by atoms with Gasteiger partial charge in [-0.3, -0.25) is 4.79 Å². The molecule has 2 aromatic rings. The van der Waals surface area contributed by atoms with E-state index in [0.717, 1.165) is 4.47 Å². The van der Waals surface area contributed by atoms with Crippen molar-refractivity contribution >= 4 is 50.9 Å². The highest BCUT2D eigenvalue weighted by molar-refractivity contribution is 9.10. The summed E-state index contributed by atoms with van der Waals surface area (Å²) in [6.45, 7) is 0. The summed E-state index contributed by atoms with van der Waals surface area (Å²) >= 11 is 15.1. The molecule has 0 saturated carbocycles. The SMILES string of the molecule is O=C(Nc1cc(Br)ccn1)c1cccc(Cl)c1Cl. The maximum Gasteiger partial charge on any atom is 0.258 e. The molecule has 0 atom stereocenters. The van der Waals surface area contributed by atoms with Crippen LogP contribution in [-0.4, -0.2) is 10.9 Å². The number of hydrogen-bond acceptors (Lipinski definition) is 2. The molecule has 0 saturated heterocycles. The van der Waals surface area contributed by atoms with Crippen LogP contribution in [0.5, 0.6) is 0 Å². The van der Waals surface area contributed by atoms with E-state index in [0.29, 0.717) is 16.4 Å². The molecule has 0 aliphatic carbocycles. The third-order valence-corrected chi connectivity index (χ3v) is 3.47. The van der Waals surface area contributed by atoms with E-state index in [1.54, 1.807) is 36.5 Å². The van der Waals surface area contributed by atoms with Gasteiger partial charge in [0, 0.05) is 10.7 Å². The van der Waals surface area contributed by atoms with Gasteiger partial charge in [-0.15, -0.1) is 0 Å². The van der Waals surface area contributed by atoms with Crippen LogP contribution in [0.4, 0.5) is 5.82 Å². The van der Waals surface area contributed by atoms with Gasteiger partial charge in [0.2, 0.25) is 0 Å². The van der Waals surface area contributed by atoms with Crippen LogP contribution in [0.1, 0.15) is 10.4 Å². The van der Waals surface area contributed by atoms with Crippen LogP contribution < -0.4 is 5.32 Å². The zero-order valence-electron chi connectivity index (χ0n) is 8.95. The minimum absolute atomic E-state index is 0.228. The average Bonchev–Trinajstić information content (AvgIpc) is 2.32. The second-order valence-corrected chi connectivity index (χ2v) is 5.12. The molecule has 0 bridgehead atoms. The van der Waals surface area contributed by atoms with Gasteiger partial charge in [-0.1, -0.05) is 45.2 Å². The van der Waals surface area contributed by atoms with Crippen molar-refractivity contribution < 1.29 is 4.79 Å². The van der Waals surface area contributed by atoms with Crippen molar-refractivity contribution in [1.82, 2.24) is 4.98 Å². The first kappa shape index (κ1) is 13.3. The summed E-state index contributed by atoms with van der Waals surface area (Å²) in [5.41, 5.74) is 0.311. The smallest absolute Gasteiger partial charge is 0.258 e. The van der Waals surface area contributed by atoms with Gasteiger partial charge in [0.25, 0.3) is 5.91 Å². The number of nitrogens with zero attached hydrogens (tertiary/aromatic N) is 1. The third-order valence-electron chi connectivity index (χ3n) is 2.16. The number of halogens is 3. The monoisotopic (exact) mass is 344 g/mol. The van der Waals surface area contributed by atoms with Crippen LogP contribution >= 0.6 is 39.1 Å². The van der Waals surface area contributed by atoms with E-state index in [1.165, 1.54) is 0 Å². The molecule has 3 nitrogen and oxygen atoms in total. The Morgan fingerprint density at radius 2 is 2.06 bits per heavy atom. The largest absolute Gasteiger partial charge is 0.306 e. The quantitative estimate of drug-likeness (QED) is 0.876. The molecule has 0 radical (unpaired) electrons. The van der Waals surface area contributed by atoms with E-state index in [1.807, 2.05) is 0 Å². The van der Waals surface area contributed by atoms with Gasteiger partial charge in [0.15, 0.2) is 0 Å². The molecule has 92 valence electrons. The van der Waals surface area contributed by atoms with E-state index < -0.39 is 0 Å². The molecule has 1 amide bonds. The third kappa shape index (κ3) is 3.02. The number of benzene rings is 1. The van der Waals surface area contributed by atoms with E-state index in [-0.39, 0.29) is 10.9 Å². The molecule has 0 spiro atoms. The summed E-state index contributed by atoms with van der Waals surface area (Å²) < 4.78 is 0.824. The molecule has 1 N–H and O–H groups in total. The van der Waals surface area contributed by atoms with Gasteiger partial charge in [0.05, 0.1) is 15.6 Å². The Morgan fingerprint density at radius 3 is 2.78 bits per heavy atom. The highest BCUT2D eigenvalue weighted by atomic mass is 79.9. The number of pyridine rings is 1. The zero-order chi connectivity index (χ0) is 13.1. The molecular weight excluding hydrogens is 339 g/mol. The highest BCUT2D eigenvalue weighted by Crippen LogP contribution is 2.26. The fraction of sp³-hybridized carbons (Fsp3) is 0. The Morgan fingerprint density at radius 1 is 1.28 bits per heavy atom. The Bertz CT molecular complexity index is 604. The van der Waals surface area contributed by atoms with Crippen molar-refractivity contribution in [3.8, 4) is 0 Å². The number of carbonyl (C=O) groups is 1. The normalized spacial score (nSPS) is 10.2. The standard InChI is InChI=1S/C12H7BrCl2N2O/c13-7-4-5-16-10(6-7)17-12(18)8-2-1-3-9(14)11(8)15/h1-6H,(H,16,17,18). The topological polar surface area (TPSA) is 42.0 Å². The Hall–Kier alpha value is -1.10. The van der Waals surface area contributed by atoms with Crippen molar-refractivity contribution in [3.63, 3.8) is 0 Å². The maximum absolute atomic E-state index is 12.0. The van der Waals surface area contributed by atoms with Crippen molar-refractivity contribution in [2.75, 3.05) is 5.32 Å². The molecule has 0 aliphatic rings. The van der Waals surface area contributed by atoms with Crippen LogP contribution in [0.25, 0.3) is 0 Å². The van der Waals surface area contributed by atoms with Crippen LogP contribution in [0.15, 0.2) is 41.0 Å². The average molecular weight is 346 g/mol. The second kappa shape index (κ2) is 5.69. The summed E-state index contributed by atoms with van der Waals surface area (Å²) in [7, 11) is 0. The fourth-order valence-corrected chi connectivity index (χ4v) is 2.06. The molecule has 6 heteroatoms. The van der Waals surface area contributed by atoms with Crippen LogP contribution in [-0.2, 0) is 0 Å². The Labute approximate surface area is 122 Å². The lowest BCUT2D eigenvalue weighted by atomic mass is 10.2. The van der Waals surface area contributed by atoms with E-state index >= 15 is 0 Å². The van der Waals surface area contributed by atoms with Crippen molar-refractivity contribution in [3.05, 3.63) is 56.6 Å². The molecule has 1 aromatic carbocycles. The highest BCUT2D eigenvalue weighted by Gasteiger charge is 2.13.